The Kier molecular flexibility index (Phi) is 17.9. The molecule has 2 unspecified atom stereocenters. The largest absolute Gasteiger partial charge is 1.00 e. The molecule has 0 aromatic carbocycles. The van der Waals surface area contributed by atoms with E-state index in [-0.39, 0.29) is 75.2 Å². The van der Waals surface area contributed by atoms with Crippen LogP contribution in [0.2, 0.25) is 0 Å². The standard InChI is InChI=1S/C8H14O7.2Na.2H/c9-5(1-7(11)12)3-15-4-6(10)2-8(13)14;;;;/h5-6,9-10H,1-4H2,(H,11,12)(H,13,14);;;;/q;2*+1;2*-1. The van der Waals surface area contributed by atoms with Gasteiger partial charge in [0.1, 0.15) is 0 Å². The molecule has 9 heteroatoms. The molecule has 0 aromatic rings. The fraction of sp³-hybridized carbons (Fsp3) is 0.750. The maximum absolute atomic E-state index is 10.1. The molecule has 0 saturated carbocycles. The van der Waals surface area contributed by atoms with E-state index in [0.29, 0.717) is 0 Å². The van der Waals surface area contributed by atoms with E-state index in [2.05, 4.69) is 0 Å². The van der Waals surface area contributed by atoms with Crippen molar-refractivity contribution in [1.82, 2.24) is 0 Å². The second kappa shape index (κ2) is 13.3. The zero-order valence-electron chi connectivity index (χ0n) is 12.0. The van der Waals surface area contributed by atoms with Crippen molar-refractivity contribution < 1.29 is 96.7 Å². The Morgan fingerprint density at radius 2 is 1.24 bits per heavy atom. The average molecular weight is 270 g/mol. The van der Waals surface area contributed by atoms with Gasteiger partial charge in [0.05, 0.1) is 38.3 Å². The number of aliphatic hydroxyl groups excluding tert-OH is 2. The van der Waals surface area contributed by atoms with Crippen molar-refractivity contribution in [2.24, 2.45) is 0 Å². The van der Waals surface area contributed by atoms with E-state index < -0.39 is 37.0 Å². The maximum Gasteiger partial charge on any atom is 1.00 e. The molecule has 0 fully saturated rings. The first-order valence-corrected chi connectivity index (χ1v) is 4.29. The first-order valence-electron chi connectivity index (χ1n) is 4.29. The van der Waals surface area contributed by atoms with Crippen LogP contribution in [0, 0.1) is 0 Å². The van der Waals surface area contributed by atoms with Crippen molar-refractivity contribution in [1.29, 1.82) is 0 Å². The van der Waals surface area contributed by atoms with Gasteiger partial charge in [-0.25, -0.2) is 0 Å². The van der Waals surface area contributed by atoms with Crippen molar-refractivity contribution in [3.63, 3.8) is 0 Å². The average Bonchev–Trinajstić information content (AvgIpc) is 2.00. The van der Waals surface area contributed by atoms with Crippen molar-refractivity contribution in [2.45, 2.75) is 25.0 Å². The third kappa shape index (κ3) is 16.8. The van der Waals surface area contributed by atoms with Gasteiger partial charge in [0.15, 0.2) is 0 Å². The first-order chi connectivity index (χ1) is 6.91. The molecule has 0 aliphatic carbocycles. The summed E-state index contributed by atoms with van der Waals surface area (Å²) in [5.41, 5.74) is 0. The van der Waals surface area contributed by atoms with E-state index in [0.717, 1.165) is 0 Å². The zero-order valence-corrected chi connectivity index (χ0v) is 14.0. The Morgan fingerprint density at radius 3 is 1.47 bits per heavy atom. The first kappa shape index (κ1) is 23.0. The van der Waals surface area contributed by atoms with Gasteiger partial charge in [0.2, 0.25) is 0 Å². The molecule has 0 heterocycles. The van der Waals surface area contributed by atoms with Gasteiger partial charge in [-0.1, -0.05) is 0 Å². The summed E-state index contributed by atoms with van der Waals surface area (Å²) in [6, 6.07) is 0. The van der Waals surface area contributed by atoms with Gasteiger partial charge >= 0.3 is 71.1 Å². The van der Waals surface area contributed by atoms with Crippen LogP contribution in [-0.4, -0.2) is 57.8 Å². The minimum atomic E-state index is -1.16. The van der Waals surface area contributed by atoms with Crippen LogP contribution in [-0.2, 0) is 14.3 Å². The fourth-order valence-electron chi connectivity index (χ4n) is 0.861. The van der Waals surface area contributed by atoms with Crippen LogP contribution in [0.25, 0.3) is 0 Å². The van der Waals surface area contributed by atoms with Crippen LogP contribution in [0.5, 0.6) is 0 Å². The molecular weight excluding hydrogens is 254 g/mol. The van der Waals surface area contributed by atoms with E-state index in [1.165, 1.54) is 0 Å². The number of carboxylic acids is 2. The van der Waals surface area contributed by atoms with Crippen LogP contribution < -0.4 is 59.1 Å². The summed E-state index contributed by atoms with van der Waals surface area (Å²) in [7, 11) is 0. The van der Waals surface area contributed by atoms with Crippen molar-refractivity contribution in [3.8, 4) is 0 Å². The van der Waals surface area contributed by atoms with Gasteiger partial charge in [0, 0.05) is 0 Å². The van der Waals surface area contributed by atoms with Crippen molar-refractivity contribution in [2.75, 3.05) is 13.2 Å². The number of rotatable bonds is 8. The minimum Gasteiger partial charge on any atom is -1.00 e. The van der Waals surface area contributed by atoms with E-state index in [9.17, 15) is 9.59 Å². The molecule has 0 bridgehead atoms. The Morgan fingerprint density at radius 1 is 0.941 bits per heavy atom. The van der Waals surface area contributed by atoms with Gasteiger partial charge in [-0.2, -0.15) is 0 Å². The molecule has 92 valence electrons. The molecule has 0 radical (unpaired) electrons. The summed E-state index contributed by atoms with van der Waals surface area (Å²) >= 11 is 0. The predicted octanol–water partition coefficient (Wildman–Crippen LogP) is -7.09. The van der Waals surface area contributed by atoms with Crippen LogP contribution in [0.4, 0.5) is 0 Å². The number of carbonyl (C=O) groups is 2. The monoisotopic (exact) mass is 270 g/mol. The molecule has 4 N–H and O–H groups in total. The second-order valence-electron chi connectivity index (χ2n) is 3.04. The molecule has 0 aliphatic rings. The van der Waals surface area contributed by atoms with Crippen molar-refractivity contribution >= 4 is 11.9 Å². The van der Waals surface area contributed by atoms with Crippen LogP contribution in [0.15, 0.2) is 0 Å². The third-order valence-electron chi connectivity index (χ3n) is 1.44. The summed E-state index contributed by atoms with van der Waals surface area (Å²) in [4.78, 5) is 20.2. The smallest absolute Gasteiger partial charge is 1.00 e. The topological polar surface area (TPSA) is 124 Å². The summed E-state index contributed by atoms with van der Waals surface area (Å²) in [6.07, 6.45) is -3.21. The molecule has 7 nitrogen and oxygen atoms in total. The molecule has 0 saturated heterocycles. The molecule has 0 amide bonds. The van der Waals surface area contributed by atoms with E-state index >= 15 is 0 Å². The summed E-state index contributed by atoms with van der Waals surface area (Å²) in [5, 5.41) is 34.6. The Labute approximate surface area is 146 Å². The number of aliphatic carboxylic acids is 2. The van der Waals surface area contributed by atoms with Gasteiger partial charge in [-0.15, -0.1) is 0 Å². The molecule has 0 aromatic heterocycles. The fourth-order valence-corrected chi connectivity index (χ4v) is 0.861. The summed E-state index contributed by atoms with van der Waals surface area (Å²) in [5.74, 6) is -2.31. The SMILES string of the molecule is O=C(O)CC(O)COCC(O)CC(=O)O.[H-].[H-].[Na+].[Na+]. The zero-order chi connectivity index (χ0) is 11.8. The quantitative estimate of drug-likeness (QED) is 0.323. The van der Waals surface area contributed by atoms with Gasteiger partial charge in [-0.05, 0) is 0 Å². The predicted molar refractivity (Wildman–Crippen MR) is 49.6 cm³/mol. The number of aliphatic hydroxyl groups is 2. The Balaban J connectivity index is -0.000000163. The molecule has 2 atom stereocenters. The van der Waals surface area contributed by atoms with E-state index in [1.807, 2.05) is 0 Å². The van der Waals surface area contributed by atoms with Gasteiger partial charge < -0.3 is 28.0 Å². The van der Waals surface area contributed by atoms with Crippen LogP contribution in [0.3, 0.4) is 0 Å². The Bertz CT molecular complexity index is 211. The van der Waals surface area contributed by atoms with Gasteiger partial charge in [0.25, 0.3) is 0 Å². The Hall–Kier alpha value is 0.820. The molecule has 0 spiro atoms. The summed E-state index contributed by atoms with van der Waals surface area (Å²) < 4.78 is 4.73. The number of hydrogen-bond donors (Lipinski definition) is 4. The third-order valence-corrected chi connectivity index (χ3v) is 1.44. The van der Waals surface area contributed by atoms with E-state index in [1.54, 1.807) is 0 Å². The normalized spacial score (nSPS) is 12.8. The second-order valence-corrected chi connectivity index (χ2v) is 3.04. The molecule has 17 heavy (non-hydrogen) atoms. The van der Waals surface area contributed by atoms with E-state index in [4.69, 9.17) is 25.2 Å². The van der Waals surface area contributed by atoms with Crippen LogP contribution in [0.1, 0.15) is 15.7 Å². The molecule has 0 rings (SSSR count). The number of carboxylic acid groups (broad SMARTS) is 2. The molecule has 0 aliphatic heterocycles. The number of ether oxygens (including phenoxy) is 1. The van der Waals surface area contributed by atoms with Crippen molar-refractivity contribution in [3.05, 3.63) is 0 Å². The van der Waals surface area contributed by atoms with Gasteiger partial charge in [-0.3, -0.25) is 9.59 Å². The number of hydrogen-bond acceptors (Lipinski definition) is 5. The minimum absolute atomic E-state index is 0. The van der Waals surface area contributed by atoms with Crippen LogP contribution >= 0.6 is 0 Å². The summed E-state index contributed by atoms with van der Waals surface area (Å²) in [6.45, 7) is -0.494. The maximum atomic E-state index is 10.1. The molecular formula is C8H16Na2O7.